The number of aromatic amines is 1. The molecule has 0 atom stereocenters. The second kappa shape index (κ2) is 4.77. The Morgan fingerprint density at radius 2 is 1.86 bits per heavy atom. The molecule has 0 aliphatic carbocycles. The van der Waals surface area contributed by atoms with Crippen LogP contribution >= 0.6 is 11.6 Å². The van der Waals surface area contributed by atoms with Crippen molar-refractivity contribution in [2.45, 2.75) is 13.1 Å². The van der Waals surface area contributed by atoms with E-state index in [2.05, 4.69) is 9.97 Å². The number of benzene rings is 2. The van der Waals surface area contributed by atoms with E-state index in [1.807, 2.05) is 13.0 Å². The van der Waals surface area contributed by atoms with E-state index in [-0.39, 0.29) is 0 Å². The van der Waals surface area contributed by atoms with E-state index in [1.165, 1.54) is 6.07 Å². The number of H-pyrrole nitrogens is 1. The minimum atomic E-state index is -4.37. The molecule has 0 amide bonds. The Balaban J connectivity index is 2.13. The molecule has 0 spiro atoms. The molecule has 3 aromatic rings. The van der Waals surface area contributed by atoms with Crippen molar-refractivity contribution in [3.8, 4) is 11.4 Å². The normalized spacial score (nSPS) is 12.0. The van der Waals surface area contributed by atoms with Gasteiger partial charge >= 0.3 is 6.18 Å². The number of hydrogen-bond acceptors (Lipinski definition) is 1. The van der Waals surface area contributed by atoms with Gasteiger partial charge in [0.2, 0.25) is 0 Å². The molecule has 6 heteroatoms. The number of rotatable bonds is 1. The molecule has 0 aliphatic rings. The summed E-state index contributed by atoms with van der Waals surface area (Å²) in [5.41, 5.74) is 1.82. The van der Waals surface area contributed by atoms with Crippen molar-refractivity contribution in [3.05, 3.63) is 52.5 Å². The van der Waals surface area contributed by atoms with E-state index in [0.29, 0.717) is 21.9 Å². The molecule has 1 heterocycles. The lowest BCUT2D eigenvalue weighted by molar-refractivity contribution is -0.137. The maximum absolute atomic E-state index is 12.7. The van der Waals surface area contributed by atoms with Gasteiger partial charge in [-0.2, -0.15) is 13.2 Å². The van der Waals surface area contributed by atoms with Crippen molar-refractivity contribution < 1.29 is 13.2 Å². The monoisotopic (exact) mass is 310 g/mol. The first kappa shape index (κ1) is 13.9. The van der Waals surface area contributed by atoms with Gasteiger partial charge in [0.05, 0.1) is 16.6 Å². The van der Waals surface area contributed by atoms with Crippen molar-refractivity contribution in [1.82, 2.24) is 9.97 Å². The van der Waals surface area contributed by atoms with Crippen LogP contribution in [0.1, 0.15) is 11.1 Å². The minimum absolute atomic E-state index is 0.345. The predicted molar refractivity (Wildman–Crippen MR) is 76.3 cm³/mol. The Morgan fingerprint density at radius 1 is 1.10 bits per heavy atom. The summed E-state index contributed by atoms with van der Waals surface area (Å²) in [6, 6.07) is 8.83. The van der Waals surface area contributed by atoms with Crippen LogP contribution in [0, 0.1) is 6.92 Å². The Hall–Kier alpha value is -2.01. The summed E-state index contributed by atoms with van der Waals surface area (Å²) in [5.74, 6) is 0.495. The van der Waals surface area contributed by atoms with E-state index < -0.39 is 11.7 Å². The molecule has 2 aromatic carbocycles. The number of aromatic nitrogens is 2. The van der Waals surface area contributed by atoms with Crippen LogP contribution in [0.3, 0.4) is 0 Å². The number of imidazole rings is 1. The Kier molecular flexibility index (Phi) is 3.17. The highest BCUT2D eigenvalue weighted by molar-refractivity contribution is 6.30. The molecule has 1 N–H and O–H groups in total. The highest BCUT2D eigenvalue weighted by atomic mass is 35.5. The highest BCUT2D eigenvalue weighted by Crippen LogP contribution is 2.32. The summed E-state index contributed by atoms with van der Waals surface area (Å²) < 4.78 is 38.1. The van der Waals surface area contributed by atoms with Gasteiger partial charge in [-0.1, -0.05) is 11.6 Å². The van der Waals surface area contributed by atoms with Crippen molar-refractivity contribution in [2.24, 2.45) is 0 Å². The van der Waals surface area contributed by atoms with Crippen LogP contribution in [0.4, 0.5) is 13.2 Å². The number of halogens is 4. The number of alkyl halides is 3. The number of fused-ring (bicyclic) bond motifs is 1. The molecule has 21 heavy (non-hydrogen) atoms. The zero-order chi connectivity index (χ0) is 15.2. The summed E-state index contributed by atoms with van der Waals surface area (Å²) >= 11 is 5.99. The van der Waals surface area contributed by atoms with Gasteiger partial charge in [-0.3, -0.25) is 0 Å². The number of nitrogens with zero attached hydrogens (tertiary/aromatic N) is 1. The fourth-order valence-corrected chi connectivity index (χ4v) is 2.49. The van der Waals surface area contributed by atoms with Gasteiger partial charge in [0.25, 0.3) is 0 Å². The predicted octanol–water partition coefficient (Wildman–Crippen LogP) is 5.21. The van der Waals surface area contributed by atoms with Gasteiger partial charge in [-0.25, -0.2) is 4.98 Å². The van der Waals surface area contributed by atoms with Crippen molar-refractivity contribution in [3.63, 3.8) is 0 Å². The van der Waals surface area contributed by atoms with E-state index in [9.17, 15) is 13.2 Å². The lowest BCUT2D eigenvalue weighted by Crippen LogP contribution is -2.04. The van der Waals surface area contributed by atoms with Crippen LogP contribution in [-0.4, -0.2) is 9.97 Å². The van der Waals surface area contributed by atoms with E-state index in [1.54, 1.807) is 12.1 Å². The molecule has 2 nitrogen and oxygen atoms in total. The third kappa shape index (κ3) is 2.74. The van der Waals surface area contributed by atoms with Crippen LogP contribution in [0.15, 0.2) is 36.4 Å². The zero-order valence-electron chi connectivity index (χ0n) is 10.9. The standard InChI is InChI=1S/C15H10ClF3N2/c1-8-4-9(6-11(16)5-8)14-20-12-3-2-10(15(17,18)19)7-13(12)21-14/h2-7H,1H3,(H,20,21). The Bertz CT molecular complexity index is 801. The molecular formula is C15H10ClF3N2. The third-order valence-corrected chi connectivity index (χ3v) is 3.34. The van der Waals surface area contributed by atoms with E-state index >= 15 is 0 Å². The second-order valence-corrected chi connectivity index (χ2v) is 5.27. The quantitative estimate of drug-likeness (QED) is 0.656. The van der Waals surface area contributed by atoms with Crippen LogP contribution in [0.2, 0.25) is 5.02 Å². The molecule has 0 fully saturated rings. The number of aryl methyl sites for hydroxylation is 1. The molecule has 3 rings (SSSR count). The van der Waals surface area contributed by atoms with Crippen molar-refractivity contribution in [1.29, 1.82) is 0 Å². The maximum atomic E-state index is 12.7. The average molecular weight is 311 g/mol. The summed E-state index contributed by atoms with van der Waals surface area (Å²) in [4.78, 5) is 7.22. The van der Waals surface area contributed by atoms with Gasteiger partial charge in [0.15, 0.2) is 0 Å². The summed E-state index contributed by atoms with van der Waals surface area (Å²) in [6.07, 6.45) is -4.37. The Labute approximate surface area is 123 Å². The van der Waals surface area contributed by atoms with Crippen molar-refractivity contribution >= 4 is 22.6 Å². The lowest BCUT2D eigenvalue weighted by atomic mass is 10.1. The minimum Gasteiger partial charge on any atom is -0.338 e. The van der Waals surface area contributed by atoms with Gasteiger partial charge in [0.1, 0.15) is 5.82 Å². The molecule has 1 aromatic heterocycles. The van der Waals surface area contributed by atoms with Crippen molar-refractivity contribution in [2.75, 3.05) is 0 Å². The van der Waals surface area contributed by atoms with E-state index in [4.69, 9.17) is 11.6 Å². The molecule has 0 radical (unpaired) electrons. The zero-order valence-corrected chi connectivity index (χ0v) is 11.7. The van der Waals surface area contributed by atoms with Gasteiger partial charge < -0.3 is 4.98 Å². The van der Waals surface area contributed by atoms with Gasteiger partial charge in [-0.05, 0) is 48.9 Å². The molecule has 0 bridgehead atoms. The summed E-state index contributed by atoms with van der Waals surface area (Å²) in [7, 11) is 0. The lowest BCUT2D eigenvalue weighted by Gasteiger charge is -2.05. The molecule has 108 valence electrons. The first-order chi connectivity index (χ1) is 9.83. The van der Waals surface area contributed by atoms with Gasteiger partial charge in [-0.15, -0.1) is 0 Å². The number of hydrogen-bond donors (Lipinski definition) is 1. The van der Waals surface area contributed by atoms with Crippen LogP contribution in [0.5, 0.6) is 0 Å². The first-order valence-electron chi connectivity index (χ1n) is 6.17. The van der Waals surface area contributed by atoms with E-state index in [0.717, 1.165) is 23.3 Å². The van der Waals surface area contributed by atoms with Crippen LogP contribution in [0.25, 0.3) is 22.4 Å². The molecule has 0 saturated heterocycles. The molecule has 0 unspecified atom stereocenters. The van der Waals surface area contributed by atoms with Crippen LogP contribution in [-0.2, 0) is 6.18 Å². The Morgan fingerprint density at radius 3 is 2.52 bits per heavy atom. The SMILES string of the molecule is Cc1cc(Cl)cc(-c2nc3ccc(C(F)(F)F)cc3[nH]2)c1. The summed E-state index contributed by atoms with van der Waals surface area (Å²) in [6.45, 7) is 1.89. The summed E-state index contributed by atoms with van der Waals surface area (Å²) in [5, 5.41) is 0.557. The largest absolute Gasteiger partial charge is 0.416 e. The highest BCUT2D eigenvalue weighted by Gasteiger charge is 2.30. The fourth-order valence-electron chi connectivity index (χ4n) is 2.20. The number of nitrogens with one attached hydrogen (secondary N) is 1. The van der Waals surface area contributed by atoms with Crippen LogP contribution < -0.4 is 0 Å². The second-order valence-electron chi connectivity index (χ2n) is 4.83. The smallest absolute Gasteiger partial charge is 0.338 e. The maximum Gasteiger partial charge on any atom is 0.416 e. The van der Waals surface area contributed by atoms with Gasteiger partial charge in [0, 0.05) is 10.6 Å². The molecule has 0 saturated carbocycles. The molecule has 0 aliphatic heterocycles. The third-order valence-electron chi connectivity index (χ3n) is 3.12. The topological polar surface area (TPSA) is 28.7 Å². The average Bonchev–Trinajstić information content (AvgIpc) is 2.79. The fraction of sp³-hybridized carbons (Fsp3) is 0.133. The first-order valence-corrected chi connectivity index (χ1v) is 6.55. The molecular weight excluding hydrogens is 301 g/mol.